The molecule has 1 aromatic rings. The van der Waals surface area contributed by atoms with Crippen LogP contribution in [0, 0.1) is 5.41 Å². The summed E-state index contributed by atoms with van der Waals surface area (Å²) in [5, 5.41) is 2.97. The Morgan fingerprint density at radius 3 is 2.95 bits per heavy atom. The average Bonchev–Trinajstić information content (AvgIpc) is 2.86. The van der Waals surface area contributed by atoms with Gasteiger partial charge in [0.15, 0.2) is 0 Å². The first-order valence-electron chi connectivity index (χ1n) is 6.96. The van der Waals surface area contributed by atoms with E-state index in [1.807, 2.05) is 24.3 Å². The molecule has 1 unspecified atom stereocenters. The van der Waals surface area contributed by atoms with E-state index in [-0.39, 0.29) is 24.4 Å². The number of anilines is 1. The lowest BCUT2D eigenvalue weighted by Gasteiger charge is -2.33. The molecule has 0 aromatic heterocycles. The number of fused-ring (bicyclic) bond motifs is 1. The summed E-state index contributed by atoms with van der Waals surface area (Å²) in [6.07, 6.45) is 1.05. The Bertz CT molecular complexity index is 564. The van der Waals surface area contributed by atoms with Gasteiger partial charge in [0.25, 0.3) is 0 Å². The van der Waals surface area contributed by atoms with Gasteiger partial charge in [0.05, 0.1) is 12.0 Å². The second kappa shape index (κ2) is 5.93. The molecule has 5 nitrogen and oxygen atoms in total. The highest BCUT2D eigenvalue weighted by atomic mass is 35.5. The predicted molar refractivity (Wildman–Crippen MR) is 81.7 cm³/mol. The molecule has 0 radical (unpaired) electrons. The number of carbonyl (C=O) groups excluding carboxylic acids is 2. The number of carbonyl (C=O) groups is 2. The van der Waals surface area contributed by atoms with Crippen LogP contribution in [-0.2, 0) is 16.0 Å². The Hall–Kier alpha value is -1.75. The number of rotatable bonds is 1. The van der Waals surface area contributed by atoms with Crippen LogP contribution in [0.1, 0.15) is 18.9 Å². The summed E-state index contributed by atoms with van der Waals surface area (Å²) < 4.78 is 5.02. The summed E-state index contributed by atoms with van der Waals surface area (Å²) in [7, 11) is 0. The molecule has 1 fully saturated rings. The van der Waals surface area contributed by atoms with Gasteiger partial charge >= 0.3 is 6.09 Å². The SMILES string of the molecule is CCOC(=O)N1CCC2(Cc3ccccc3NC2=O)C1.Cl. The average molecular weight is 311 g/mol. The van der Waals surface area contributed by atoms with Gasteiger partial charge in [0.2, 0.25) is 5.91 Å². The van der Waals surface area contributed by atoms with Gasteiger partial charge in [0.1, 0.15) is 0 Å². The molecule has 21 heavy (non-hydrogen) atoms. The van der Waals surface area contributed by atoms with Crippen LogP contribution in [-0.4, -0.2) is 36.6 Å². The van der Waals surface area contributed by atoms with Crippen LogP contribution < -0.4 is 5.32 Å². The zero-order valence-electron chi connectivity index (χ0n) is 11.9. The quantitative estimate of drug-likeness (QED) is 0.867. The van der Waals surface area contributed by atoms with Gasteiger partial charge in [-0.2, -0.15) is 0 Å². The highest BCUT2D eigenvalue weighted by molar-refractivity contribution is 5.99. The van der Waals surface area contributed by atoms with E-state index in [1.165, 1.54) is 0 Å². The van der Waals surface area contributed by atoms with Crippen LogP contribution in [0.4, 0.5) is 10.5 Å². The Labute approximate surface area is 130 Å². The molecule has 2 amide bonds. The molecule has 2 aliphatic heterocycles. The number of nitrogens with zero attached hydrogens (tertiary/aromatic N) is 1. The van der Waals surface area contributed by atoms with Crippen molar-refractivity contribution in [3.63, 3.8) is 0 Å². The van der Waals surface area contributed by atoms with E-state index in [0.29, 0.717) is 32.5 Å². The maximum atomic E-state index is 12.4. The topological polar surface area (TPSA) is 58.6 Å². The van der Waals surface area contributed by atoms with Gasteiger partial charge in [-0.1, -0.05) is 18.2 Å². The maximum absolute atomic E-state index is 12.4. The van der Waals surface area contributed by atoms with Crippen molar-refractivity contribution in [2.45, 2.75) is 19.8 Å². The molecular formula is C15H19ClN2O3. The maximum Gasteiger partial charge on any atom is 0.409 e. The Kier molecular flexibility index (Phi) is 4.42. The lowest BCUT2D eigenvalue weighted by Crippen LogP contribution is -2.44. The van der Waals surface area contributed by atoms with Crippen LogP contribution >= 0.6 is 12.4 Å². The first kappa shape index (κ1) is 15.6. The molecule has 3 rings (SSSR count). The van der Waals surface area contributed by atoms with Gasteiger partial charge in [-0.05, 0) is 31.4 Å². The van der Waals surface area contributed by atoms with Crippen LogP contribution in [0.25, 0.3) is 0 Å². The number of hydrogen-bond donors (Lipinski definition) is 1. The molecule has 114 valence electrons. The minimum absolute atomic E-state index is 0. The molecule has 1 aromatic carbocycles. The van der Waals surface area contributed by atoms with E-state index < -0.39 is 5.41 Å². The van der Waals surface area contributed by atoms with Crippen molar-refractivity contribution in [3.05, 3.63) is 29.8 Å². The molecule has 0 saturated carbocycles. The van der Waals surface area contributed by atoms with Gasteiger partial charge in [-0.25, -0.2) is 4.79 Å². The molecule has 0 bridgehead atoms. The third-order valence-corrected chi connectivity index (χ3v) is 4.16. The number of nitrogens with one attached hydrogen (secondary N) is 1. The largest absolute Gasteiger partial charge is 0.450 e. The molecular weight excluding hydrogens is 292 g/mol. The summed E-state index contributed by atoms with van der Waals surface area (Å²) in [5.41, 5.74) is 1.52. The van der Waals surface area contributed by atoms with Crippen LogP contribution in [0.3, 0.4) is 0 Å². The van der Waals surface area contributed by atoms with Gasteiger partial charge in [-0.15, -0.1) is 12.4 Å². The van der Waals surface area contributed by atoms with E-state index in [4.69, 9.17) is 4.74 Å². The summed E-state index contributed by atoms with van der Waals surface area (Å²) in [6, 6.07) is 7.83. The minimum atomic E-state index is -0.499. The fourth-order valence-electron chi connectivity index (χ4n) is 3.07. The monoisotopic (exact) mass is 310 g/mol. The minimum Gasteiger partial charge on any atom is -0.450 e. The zero-order valence-corrected chi connectivity index (χ0v) is 12.7. The number of hydrogen-bond acceptors (Lipinski definition) is 3. The normalized spacial score (nSPS) is 23.3. The van der Waals surface area contributed by atoms with Crippen molar-refractivity contribution in [3.8, 4) is 0 Å². The molecule has 1 N–H and O–H groups in total. The van der Waals surface area contributed by atoms with E-state index in [1.54, 1.807) is 11.8 Å². The van der Waals surface area contributed by atoms with E-state index >= 15 is 0 Å². The fraction of sp³-hybridized carbons (Fsp3) is 0.467. The van der Waals surface area contributed by atoms with Gasteiger partial charge < -0.3 is 15.0 Å². The molecule has 0 aliphatic carbocycles. The number of halogens is 1. The van der Waals surface area contributed by atoms with Crippen LogP contribution in [0.5, 0.6) is 0 Å². The molecule has 2 aliphatic rings. The van der Waals surface area contributed by atoms with Crippen molar-refractivity contribution in [2.24, 2.45) is 5.41 Å². The van der Waals surface area contributed by atoms with Crippen molar-refractivity contribution >= 4 is 30.1 Å². The lowest BCUT2D eigenvalue weighted by atomic mass is 9.77. The van der Waals surface area contributed by atoms with Crippen molar-refractivity contribution < 1.29 is 14.3 Å². The van der Waals surface area contributed by atoms with Crippen molar-refractivity contribution in [1.29, 1.82) is 0 Å². The van der Waals surface area contributed by atoms with Crippen LogP contribution in [0.15, 0.2) is 24.3 Å². The Morgan fingerprint density at radius 1 is 1.43 bits per heavy atom. The summed E-state index contributed by atoms with van der Waals surface area (Å²) in [6.45, 7) is 3.16. The molecule has 2 heterocycles. The standard InChI is InChI=1S/C15H18N2O3.ClH/c1-2-20-14(19)17-8-7-15(10-17)9-11-5-3-4-6-12(11)16-13(15)18;/h3-6H,2,7-10H2,1H3,(H,16,18);1H. The first-order valence-corrected chi connectivity index (χ1v) is 6.96. The molecule has 6 heteroatoms. The Balaban J connectivity index is 0.00000161. The fourth-order valence-corrected chi connectivity index (χ4v) is 3.07. The molecule has 1 atom stereocenters. The van der Waals surface area contributed by atoms with Crippen molar-refractivity contribution in [2.75, 3.05) is 25.0 Å². The highest BCUT2D eigenvalue weighted by Crippen LogP contribution is 2.40. The van der Waals surface area contributed by atoms with Gasteiger partial charge in [0, 0.05) is 18.8 Å². The summed E-state index contributed by atoms with van der Waals surface area (Å²) >= 11 is 0. The number of likely N-dealkylation sites (tertiary alicyclic amines) is 1. The number of amides is 2. The third-order valence-electron chi connectivity index (χ3n) is 4.16. The lowest BCUT2D eigenvalue weighted by molar-refractivity contribution is -0.125. The Morgan fingerprint density at radius 2 is 2.19 bits per heavy atom. The second-order valence-electron chi connectivity index (χ2n) is 5.44. The van der Waals surface area contributed by atoms with E-state index in [9.17, 15) is 9.59 Å². The highest BCUT2D eigenvalue weighted by Gasteiger charge is 2.48. The molecule has 1 saturated heterocycles. The number of ether oxygens (including phenoxy) is 1. The van der Waals surface area contributed by atoms with E-state index in [2.05, 4.69) is 5.32 Å². The number of benzene rings is 1. The van der Waals surface area contributed by atoms with Crippen molar-refractivity contribution in [1.82, 2.24) is 4.90 Å². The summed E-state index contributed by atoms with van der Waals surface area (Å²) in [4.78, 5) is 25.8. The second-order valence-corrected chi connectivity index (χ2v) is 5.44. The third kappa shape index (κ3) is 2.70. The summed E-state index contributed by atoms with van der Waals surface area (Å²) in [5.74, 6) is 0.0167. The van der Waals surface area contributed by atoms with Crippen LogP contribution in [0.2, 0.25) is 0 Å². The van der Waals surface area contributed by atoms with E-state index in [0.717, 1.165) is 11.3 Å². The van der Waals surface area contributed by atoms with Gasteiger partial charge in [-0.3, -0.25) is 4.79 Å². The zero-order chi connectivity index (χ0) is 14.2. The first-order chi connectivity index (χ1) is 9.64. The smallest absolute Gasteiger partial charge is 0.409 e. The predicted octanol–water partition coefficient (Wildman–Crippen LogP) is 2.45. The molecule has 1 spiro atoms. The number of para-hydroxylation sites is 1.